The smallest absolute Gasteiger partial charge is 0.417 e. The van der Waals surface area contributed by atoms with E-state index in [4.69, 9.17) is 9.47 Å². The number of benzene rings is 3. The van der Waals surface area contributed by atoms with E-state index in [0.29, 0.717) is 16.9 Å². The van der Waals surface area contributed by atoms with Crippen LogP contribution in [0, 0.1) is 0 Å². The SMILES string of the molecule is COc1cc2c(cc1OC)[C@@H](c1cccc(C(F)(F)F)c1)N(C(=O)c1ccccc1C(F)(F)F)CC2. The molecular weight excluding hydrogens is 488 g/mol. The van der Waals surface area contributed by atoms with Gasteiger partial charge in [-0.1, -0.05) is 24.3 Å². The fourth-order valence-corrected chi connectivity index (χ4v) is 4.48. The number of hydrogen-bond acceptors (Lipinski definition) is 3. The van der Waals surface area contributed by atoms with Crippen molar-refractivity contribution in [3.05, 3.63) is 94.0 Å². The van der Waals surface area contributed by atoms with Crippen LogP contribution in [0.2, 0.25) is 0 Å². The molecule has 1 aliphatic rings. The number of hydrogen-bond donors (Lipinski definition) is 0. The van der Waals surface area contributed by atoms with E-state index in [2.05, 4.69) is 0 Å². The Hall–Kier alpha value is -3.69. The Balaban J connectivity index is 1.91. The number of carbonyl (C=O) groups excluding carboxylic acids is 1. The van der Waals surface area contributed by atoms with Crippen molar-refractivity contribution in [2.45, 2.75) is 24.8 Å². The molecule has 0 radical (unpaired) electrons. The zero-order chi connectivity index (χ0) is 26.3. The second-order valence-corrected chi connectivity index (χ2v) is 8.22. The summed E-state index contributed by atoms with van der Waals surface area (Å²) in [5.41, 5.74) is -1.40. The quantitative estimate of drug-likeness (QED) is 0.376. The number of nitrogens with zero attached hydrogens (tertiary/aromatic N) is 1. The van der Waals surface area contributed by atoms with Gasteiger partial charge in [0, 0.05) is 6.54 Å². The van der Waals surface area contributed by atoms with Gasteiger partial charge in [-0.2, -0.15) is 26.3 Å². The van der Waals surface area contributed by atoms with E-state index in [1.165, 1.54) is 43.4 Å². The number of ether oxygens (including phenoxy) is 2. The van der Waals surface area contributed by atoms with Crippen molar-refractivity contribution < 1.29 is 40.6 Å². The van der Waals surface area contributed by atoms with Crippen molar-refractivity contribution in [1.29, 1.82) is 0 Å². The van der Waals surface area contributed by atoms with Crippen LogP contribution < -0.4 is 9.47 Å². The second kappa shape index (κ2) is 9.40. The zero-order valence-corrected chi connectivity index (χ0v) is 19.2. The highest BCUT2D eigenvalue weighted by Gasteiger charge is 2.40. The first kappa shape index (κ1) is 25.4. The zero-order valence-electron chi connectivity index (χ0n) is 19.2. The number of methoxy groups -OCH3 is 2. The van der Waals surface area contributed by atoms with Crippen LogP contribution in [0.1, 0.15) is 44.2 Å². The van der Waals surface area contributed by atoms with Gasteiger partial charge >= 0.3 is 12.4 Å². The minimum atomic E-state index is -4.79. The third-order valence-electron chi connectivity index (χ3n) is 6.13. The van der Waals surface area contributed by atoms with E-state index < -0.39 is 41.0 Å². The van der Waals surface area contributed by atoms with E-state index in [9.17, 15) is 31.1 Å². The first-order chi connectivity index (χ1) is 17.0. The van der Waals surface area contributed by atoms with E-state index in [1.807, 2.05) is 0 Å². The lowest BCUT2D eigenvalue weighted by Gasteiger charge is -2.38. The maximum atomic E-state index is 13.7. The van der Waals surface area contributed by atoms with Crippen molar-refractivity contribution in [1.82, 2.24) is 4.90 Å². The lowest BCUT2D eigenvalue weighted by atomic mass is 9.86. The van der Waals surface area contributed by atoms with E-state index in [-0.39, 0.29) is 24.3 Å². The summed E-state index contributed by atoms with van der Waals surface area (Å²) < 4.78 is 92.2. The van der Waals surface area contributed by atoms with Crippen molar-refractivity contribution in [2.75, 3.05) is 20.8 Å². The summed E-state index contributed by atoms with van der Waals surface area (Å²) in [5.74, 6) is -0.273. The van der Waals surface area contributed by atoms with Crippen molar-refractivity contribution in [2.24, 2.45) is 0 Å². The van der Waals surface area contributed by atoms with E-state index in [1.54, 1.807) is 12.1 Å². The number of rotatable bonds is 4. The highest BCUT2D eigenvalue weighted by molar-refractivity contribution is 5.96. The molecule has 1 atom stereocenters. The fourth-order valence-electron chi connectivity index (χ4n) is 4.48. The Morgan fingerprint density at radius 1 is 0.861 bits per heavy atom. The molecule has 190 valence electrons. The molecule has 0 saturated heterocycles. The number of alkyl halides is 6. The van der Waals surface area contributed by atoms with Crippen LogP contribution >= 0.6 is 0 Å². The molecule has 0 aromatic heterocycles. The average molecular weight is 509 g/mol. The Labute approximate surface area is 203 Å². The summed E-state index contributed by atoms with van der Waals surface area (Å²) in [5, 5.41) is 0. The predicted octanol–water partition coefficient (Wildman–Crippen LogP) is 6.53. The Morgan fingerprint density at radius 2 is 1.53 bits per heavy atom. The van der Waals surface area contributed by atoms with Crippen LogP contribution in [0.3, 0.4) is 0 Å². The summed E-state index contributed by atoms with van der Waals surface area (Å²) in [6, 6.07) is 10.9. The van der Waals surface area contributed by atoms with Gasteiger partial charge in [-0.25, -0.2) is 0 Å². The minimum absolute atomic E-state index is 0.0194. The molecule has 4 rings (SSSR count). The molecule has 0 spiro atoms. The largest absolute Gasteiger partial charge is 0.493 e. The summed E-state index contributed by atoms with van der Waals surface area (Å²) >= 11 is 0. The summed E-state index contributed by atoms with van der Waals surface area (Å²) in [6.45, 7) is -0.0194. The van der Waals surface area contributed by atoms with Gasteiger partial charge in [-0.15, -0.1) is 0 Å². The molecule has 3 aromatic rings. The maximum Gasteiger partial charge on any atom is 0.417 e. The second-order valence-electron chi connectivity index (χ2n) is 8.22. The Morgan fingerprint density at radius 3 is 2.17 bits per heavy atom. The van der Waals surface area contributed by atoms with Gasteiger partial charge in [0.05, 0.1) is 37.0 Å². The molecule has 1 heterocycles. The minimum Gasteiger partial charge on any atom is -0.493 e. The molecule has 0 N–H and O–H groups in total. The van der Waals surface area contributed by atoms with Gasteiger partial charge in [-0.05, 0) is 59.5 Å². The fraction of sp³-hybridized carbons (Fsp3) is 0.269. The molecule has 0 bridgehead atoms. The van der Waals surface area contributed by atoms with Crippen molar-refractivity contribution in [3.63, 3.8) is 0 Å². The summed E-state index contributed by atoms with van der Waals surface area (Å²) in [6.07, 6.45) is -9.18. The highest BCUT2D eigenvalue weighted by Crippen LogP contribution is 2.43. The first-order valence-electron chi connectivity index (χ1n) is 10.8. The number of amides is 1. The van der Waals surface area contributed by atoms with Crippen molar-refractivity contribution >= 4 is 5.91 Å². The third kappa shape index (κ3) is 4.72. The Kier molecular flexibility index (Phi) is 6.64. The molecule has 10 heteroatoms. The van der Waals surface area contributed by atoms with E-state index >= 15 is 0 Å². The molecule has 0 fully saturated rings. The molecule has 4 nitrogen and oxygen atoms in total. The normalized spacial score (nSPS) is 15.9. The number of fused-ring (bicyclic) bond motifs is 1. The molecule has 0 aliphatic carbocycles. The topological polar surface area (TPSA) is 38.8 Å². The number of carbonyl (C=O) groups is 1. The number of halogens is 6. The van der Waals surface area contributed by atoms with Crippen LogP contribution in [0.25, 0.3) is 0 Å². The predicted molar refractivity (Wildman–Crippen MR) is 119 cm³/mol. The van der Waals surface area contributed by atoms with Crippen LogP contribution in [0.4, 0.5) is 26.3 Å². The third-order valence-corrected chi connectivity index (χ3v) is 6.13. The molecule has 1 aliphatic heterocycles. The van der Waals surface area contributed by atoms with Gasteiger partial charge in [-0.3, -0.25) is 4.79 Å². The van der Waals surface area contributed by atoms with Crippen LogP contribution in [-0.4, -0.2) is 31.6 Å². The molecule has 0 unspecified atom stereocenters. The lowest BCUT2D eigenvalue weighted by Crippen LogP contribution is -2.41. The molecular formula is C26H21F6NO3. The van der Waals surface area contributed by atoms with Gasteiger partial charge in [0.2, 0.25) is 0 Å². The van der Waals surface area contributed by atoms with Gasteiger partial charge < -0.3 is 14.4 Å². The summed E-state index contributed by atoms with van der Waals surface area (Å²) in [4.78, 5) is 14.7. The summed E-state index contributed by atoms with van der Waals surface area (Å²) in [7, 11) is 2.82. The maximum absolute atomic E-state index is 13.7. The van der Waals surface area contributed by atoms with Crippen molar-refractivity contribution in [3.8, 4) is 11.5 Å². The highest BCUT2D eigenvalue weighted by atomic mass is 19.4. The molecule has 1 amide bonds. The average Bonchev–Trinajstić information content (AvgIpc) is 2.85. The van der Waals surface area contributed by atoms with E-state index in [0.717, 1.165) is 24.3 Å². The molecule has 36 heavy (non-hydrogen) atoms. The standard InChI is InChI=1S/C26H21F6NO3/c1-35-21-13-15-10-11-33(24(34)18-8-3-4-9-20(18)26(30,31)32)23(19(15)14-22(21)36-2)16-6-5-7-17(12-16)25(27,28)29/h3-9,12-14,23H,10-11H2,1-2H3/t23-/m1/s1. The van der Waals surface area contributed by atoms with Crippen LogP contribution in [0.5, 0.6) is 11.5 Å². The van der Waals surface area contributed by atoms with Crippen LogP contribution in [-0.2, 0) is 18.8 Å². The van der Waals surface area contributed by atoms with Crippen LogP contribution in [0.15, 0.2) is 60.7 Å². The first-order valence-corrected chi connectivity index (χ1v) is 10.8. The van der Waals surface area contributed by atoms with Gasteiger partial charge in [0.25, 0.3) is 5.91 Å². The Bertz CT molecular complexity index is 1290. The molecule has 0 saturated carbocycles. The van der Waals surface area contributed by atoms with Gasteiger partial charge in [0.1, 0.15) is 0 Å². The lowest BCUT2D eigenvalue weighted by molar-refractivity contribution is -0.138. The monoisotopic (exact) mass is 509 g/mol. The molecule has 3 aromatic carbocycles. The van der Waals surface area contributed by atoms with Gasteiger partial charge in [0.15, 0.2) is 11.5 Å².